The van der Waals surface area contributed by atoms with E-state index in [-0.39, 0.29) is 11.9 Å². The lowest BCUT2D eigenvalue weighted by atomic mass is 9.86. The van der Waals surface area contributed by atoms with Crippen LogP contribution in [-0.2, 0) is 6.42 Å². The second-order valence-electron chi connectivity index (χ2n) is 5.89. The number of carbonyl (C=O) groups is 1. The van der Waals surface area contributed by atoms with Crippen LogP contribution in [0.5, 0.6) is 5.75 Å². The van der Waals surface area contributed by atoms with Crippen LogP contribution < -0.4 is 4.74 Å². The number of hydrogen-bond donors (Lipinski definition) is 0. The molecule has 0 amide bonds. The Balaban J connectivity index is 1.83. The van der Waals surface area contributed by atoms with E-state index < -0.39 is 0 Å². The van der Waals surface area contributed by atoms with Gasteiger partial charge in [-0.2, -0.15) is 0 Å². The Hall–Kier alpha value is -2.35. The molecule has 2 heteroatoms. The second kappa shape index (κ2) is 6.18. The first-order valence-electron chi connectivity index (χ1n) is 7.73. The number of hydrogen-bond acceptors (Lipinski definition) is 2. The zero-order valence-electron chi connectivity index (χ0n) is 13.0. The summed E-state index contributed by atoms with van der Waals surface area (Å²) in [4.78, 5) is 12.5. The van der Waals surface area contributed by atoms with Crippen LogP contribution >= 0.6 is 0 Å². The monoisotopic (exact) mass is 292 g/mol. The Bertz CT molecular complexity index is 709. The molecule has 0 atom stereocenters. The minimum atomic E-state index is 0.157. The van der Waals surface area contributed by atoms with Gasteiger partial charge in [0.25, 0.3) is 0 Å². The molecule has 2 aromatic rings. The van der Waals surface area contributed by atoms with Gasteiger partial charge in [0.15, 0.2) is 5.78 Å². The lowest BCUT2D eigenvalue weighted by Crippen LogP contribution is -2.13. The van der Waals surface area contributed by atoms with E-state index in [1.165, 1.54) is 0 Å². The summed E-state index contributed by atoms with van der Waals surface area (Å²) in [7, 11) is 0. The molecule has 2 aromatic carbocycles. The molecule has 22 heavy (non-hydrogen) atoms. The molecule has 0 radical (unpaired) electrons. The summed E-state index contributed by atoms with van der Waals surface area (Å²) in [5.74, 6) is 1.02. The van der Waals surface area contributed by atoms with E-state index >= 15 is 0 Å². The van der Waals surface area contributed by atoms with Gasteiger partial charge in [0.1, 0.15) is 5.75 Å². The van der Waals surface area contributed by atoms with Crippen molar-refractivity contribution >= 4 is 11.9 Å². The normalized spacial score (nSPS) is 16.0. The van der Waals surface area contributed by atoms with Crippen LogP contribution in [0.3, 0.4) is 0 Å². The molecule has 0 aliphatic heterocycles. The van der Waals surface area contributed by atoms with Gasteiger partial charge in [-0.3, -0.25) is 4.79 Å². The molecule has 3 rings (SSSR count). The Labute approximate surface area is 131 Å². The number of ether oxygens (including phenoxy) is 1. The first kappa shape index (κ1) is 14.6. The molecule has 0 fully saturated rings. The molecule has 0 unspecified atom stereocenters. The summed E-state index contributed by atoms with van der Waals surface area (Å²) < 4.78 is 5.64. The Morgan fingerprint density at radius 2 is 1.73 bits per heavy atom. The van der Waals surface area contributed by atoms with Crippen molar-refractivity contribution in [3.63, 3.8) is 0 Å². The highest BCUT2D eigenvalue weighted by Crippen LogP contribution is 2.27. The van der Waals surface area contributed by atoms with Crippen LogP contribution in [-0.4, -0.2) is 11.9 Å². The number of allylic oxidation sites excluding steroid dienone is 1. The van der Waals surface area contributed by atoms with Crippen molar-refractivity contribution in [2.24, 2.45) is 0 Å². The molecule has 0 bridgehead atoms. The summed E-state index contributed by atoms with van der Waals surface area (Å²) in [5.41, 5.74) is 3.93. The van der Waals surface area contributed by atoms with Crippen LogP contribution in [0, 0.1) is 0 Å². The number of Topliss-reactive ketones (excluding diaryl/α,β-unsaturated/α-hetero) is 1. The van der Waals surface area contributed by atoms with Crippen molar-refractivity contribution in [2.75, 3.05) is 0 Å². The van der Waals surface area contributed by atoms with Crippen molar-refractivity contribution in [2.45, 2.75) is 32.8 Å². The summed E-state index contributed by atoms with van der Waals surface area (Å²) in [5, 5.41) is 0. The average molecular weight is 292 g/mol. The zero-order chi connectivity index (χ0) is 15.5. The Morgan fingerprint density at radius 1 is 1.00 bits per heavy atom. The molecule has 1 aliphatic carbocycles. The average Bonchev–Trinajstić information content (AvgIpc) is 2.52. The van der Waals surface area contributed by atoms with Gasteiger partial charge in [0, 0.05) is 11.1 Å². The maximum Gasteiger partial charge on any atom is 0.189 e. The first-order chi connectivity index (χ1) is 10.6. The van der Waals surface area contributed by atoms with Gasteiger partial charge >= 0.3 is 0 Å². The van der Waals surface area contributed by atoms with E-state index in [4.69, 9.17) is 4.74 Å². The third-order valence-corrected chi connectivity index (χ3v) is 3.81. The standard InChI is InChI=1S/C20H20O2/c1-14(2)22-18-11-7-15(8-12-18)13-17-10-9-16-5-3-4-6-19(16)20(17)21/h3-8,11-14H,9-10H2,1-2H3. The summed E-state index contributed by atoms with van der Waals surface area (Å²) in [6, 6.07) is 15.8. The quantitative estimate of drug-likeness (QED) is 0.767. The van der Waals surface area contributed by atoms with Crippen molar-refractivity contribution < 1.29 is 9.53 Å². The Morgan fingerprint density at radius 3 is 2.45 bits per heavy atom. The number of carbonyl (C=O) groups excluding carboxylic acids is 1. The van der Waals surface area contributed by atoms with Gasteiger partial charge < -0.3 is 4.74 Å². The van der Waals surface area contributed by atoms with Crippen LogP contribution in [0.15, 0.2) is 54.1 Å². The van der Waals surface area contributed by atoms with Gasteiger partial charge in [-0.05, 0) is 56.0 Å². The van der Waals surface area contributed by atoms with Gasteiger partial charge in [-0.15, -0.1) is 0 Å². The lowest BCUT2D eigenvalue weighted by molar-refractivity contribution is 0.102. The van der Waals surface area contributed by atoms with Crippen molar-refractivity contribution in [3.05, 3.63) is 70.8 Å². The molecule has 0 heterocycles. The third kappa shape index (κ3) is 3.11. The number of benzene rings is 2. The topological polar surface area (TPSA) is 26.3 Å². The molecule has 0 saturated carbocycles. The highest BCUT2D eigenvalue weighted by atomic mass is 16.5. The first-order valence-corrected chi connectivity index (χ1v) is 7.73. The Kier molecular flexibility index (Phi) is 4.10. The van der Waals surface area contributed by atoms with Crippen LogP contribution in [0.4, 0.5) is 0 Å². The molecule has 2 nitrogen and oxygen atoms in total. The molecule has 112 valence electrons. The highest BCUT2D eigenvalue weighted by Gasteiger charge is 2.20. The lowest BCUT2D eigenvalue weighted by Gasteiger charge is -2.17. The van der Waals surface area contributed by atoms with Gasteiger partial charge in [0.05, 0.1) is 6.10 Å². The number of fused-ring (bicyclic) bond motifs is 1. The molecule has 0 saturated heterocycles. The van der Waals surface area contributed by atoms with Crippen molar-refractivity contribution in [1.82, 2.24) is 0 Å². The summed E-state index contributed by atoms with van der Waals surface area (Å²) in [6.07, 6.45) is 3.90. The number of aryl methyl sites for hydroxylation is 1. The number of ketones is 1. The van der Waals surface area contributed by atoms with E-state index in [0.717, 1.165) is 40.9 Å². The fraction of sp³-hybridized carbons (Fsp3) is 0.250. The maximum absolute atomic E-state index is 12.5. The summed E-state index contributed by atoms with van der Waals surface area (Å²) >= 11 is 0. The van der Waals surface area contributed by atoms with Gasteiger partial charge in [-0.1, -0.05) is 36.4 Å². The van der Waals surface area contributed by atoms with Gasteiger partial charge in [0.2, 0.25) is 0 Å². The fourth-order valence-electron chi connectivity index (χ4n) is 2.77. The van der Waals surface area contributed by atoms with E-state index in [2.05, 4.69) is 0 Å². The smallest absolute Gasteiger partial charge is 0.189 e. The van der Waals surface area contributed by atoms with E-state index in [1.807, 2.05) is 68.5 Å². The second-order valence-corrected chi connectivity index (χ2v) is 5.89. The molecule has 1 aliphatic rings. The van der Waals surface area contributed by atoms with E-state index in [0.29, 0.717) is 0 Å². The largest absolute Gasteiger partial charge is 0.491 e. The maximum atomic E-state index is 12.5. The van der Waals surface area contributed by atoms with Crippen molar-refractivity contribution in [1.29, 1.82) is 0 Å². The minimum absolute atomic E-state index is 0.157. The SMILES string of the molecule is CC(C)Oc1ccc(C=C2CCc3ccccc3C2=O)cc1. The highest BCUT2D eigenvalue weighted by molar-refractivity contribution is 6.13. The predicted molar refractivity (Wildman–Crippen MR) is 89.3 cm³/mol. The van der Waals surface area contributed by atoms with Gasteiger partial charge in [-0.25, -0.2) is 0 Å². The van der Waals surface area contributed by atoms with Crippen LogP contribution in [0.2, 0.25) is 0 Å². The molecule has 0 N–H and O–H groups in total. The zero-order valence-corrected chi connectivity index (χ0v) is 13.0. The molecular weight excluding hydrogens is 272 g/mol. The van der Waals surface area contributed by atoms with E-state index in [9.17, 15) is 4.79 Å². The van der Waals surface area contributed by atoms with E-state index in [1.54, 1.807) is 0 Å². The molecule has 0 aromatic heterocycles. The predicted octanol–water partition coefficient (Wildman–Crippen LogP) is 4.69. The minimum Gasteiger partial charge on any atom is -0.491 e. The summed E-state index contributed by atoms with van der Waals surface area (Å²) in [6.45, 7) is 4.02. The molecule has 0 spiro atoms. The van der Waals surface area contributed by atoms with Crippen molar-refractivity contribution in [3.8, 4) is 5.75 Å². The van der Waals surface area contributed by atoms with Crippen LogP contribution in [0.25, 0.3) is 6.08 Å². The number of rotatable bonds is 3. The van der Waals surface area contributed by atoms with Crippen LogP contribution in [0.1, 0.15) is 41.8 Å². The fourth-order valence-corrected chi connectivity index (χ4v) is 2.77. The third-order valence-electron chi connectivity index (χ3n) is 3.81. The molecular formula is C20H20O2.